The summed E-state index contributed by atoms with van der Waals surface area (Å²) in [5.74, 6) is -1.37. The molecule has 0 bridgehead atoms. The van der Waals surface area contributed by atoms with Gasteiger partial charge in [0.15, 0.2) is 0 Å². The van der Waals surface area contributed by atoms with Gasteiger partial charge in [-0.3, -0.25) is 4.79 Å². The number of carboxylic acids is 1. The quantitative estimate of drug-likeness (QED) is 0.818. The molecule has 0 aliphatic heterocycles. The van der Waals surface area contributed by atoms with Gasteiger partial charge in [-0.2, -0.15) is 0 Å². The fraction of sp³-hybridized carbons (Fsp3) is 0.462. The number of hydrogen-bond acceptors (Lipinski definition) is 3. The Morgan fingerprint density at radius 1 is 1.52 bits per heavy atom. The molecule has 1 saturated carbocycles. The highest BCUT2D eigenvalue weighted by atomic mass is 79.9. The number of benzene rings is 1. The number of hydrogen-bond donors (Lipinski definition) is 2. The molecule has 0 radical (unpaired) electrons. The average molecular weight is 380 g/mol. The molecule has 0 saturated heterocycles. The van der Waals surface area contributed by atoms with E-state index in [2.05, 4.69) is 20.7 Å². The Morgan fingerprint density at radius 2 is 2.14 bits per heavy atom. The molecule has 21 heavy (non-hydrogen) atoms. The molecule has 0 aromatic heterocycles. The average Bonchev–Trinajstić information content (AvgIpc) is 2.28. The molecular weight excluding hydrogens is 365 g/mol. The van der Waals surface area contributed by atoms with Crippen LogP contribution >= 0.6 is 15.9 Å². The van der Waals surface area contributed by atoms with Gasteiger partial charge in [-0.05, 0) is 52.9 Å². The van der Waals surface area contributed by atoms with Crippen LogP contribution < -0.4 is 4.72 Å². The molecule has 5 nitrogen and oxygen atoms in total. The van der Waals surface area contributed by atoms with Crippen LogP contribution in [-0.4, -0.2) is 31.8 Å². The first-order chi connectivity index (χ1) is 9.61. The lowest BCUT2D eigenvalue weighted by molar-refractivity contribution is -0.155. The predicted octanol–water partition coefficient (Wildman–Crippen LogP) is 1.91. The van der Waals surface area contributed by atoms with Gasteiger partial charge in [0, 0.05) is 6.04 Å². The van der Waals surface area contributed by atoms with E-state index in [9.17, 15) is 22.7 Å². The van der Waals surface area contributed by atoms with Crippen LogP contribution in [0.5, 0.6) is 0 Å². The molecule has 1 aliphatic rings. The molecule has 116 valence electrons. The number of rotatable bonds is 5. The molecular formula is C13H15BrFNO4S. The molecule has 8 heteroatoms. The van der Waals surface area contributed by atoms with Gasteiger partial charge in [0.25, 0.3) is 0 Å². The lowest BCUT2D eigenvalue weighted by Crippen LogP contribution is -2.55. The highest BCUT2D eigenvalue weighted by Gasteiger charge is 2.51. The van der Waals surface area contributed by atoms with Crippen molar-refractivity contribution in [3.05, 3.63) is 34.1 Å². The van der Waals surface area contributed by atoms with Crippen LogP contribution in [0.15, 0.2) is 22.7 Å². The monoisotopic (exact) mass is 379 g/mol. The summed E-state index contributed by atoms with van der Waals surface area (Å²) in [5.41, 5.74) is -0.303. The molecule has 0 heterocycles. The summed E-state index contributed by atoms with van der Waals surface area (Å²) in [6, 6.07) is 4.01. The van der Waals surface area contributed by atoms with Gasteiger partial charge < -0.3 is 5.11 Å². The number of nitrogens with one attached hydrogen (secondary N) is 1. The maximum atomic E-state index is 13.2. The van der Waals surface area contributed by atoms with E-state index in [1.165, 1.54) is 6.07 Å². The van der Waals surface area contributed by atoms with E-state index in [1.807, 2.05) is 0 Å². The molecule has 2 rings (SSSR count). The van der Waals surface area contributed by atoms with E-state index < -0.39 is 27.2 Å². The van der Waals surface area contributed by atoms with E-state index in [4.69, 9.17) is 0 Å². The number of halogens is 2. The summed E-state index contributed by atoms with van der Waals surface area (Å²) < 4.78 is 38.2. The SMILES string of the molecule is CS(=O)(=O)NC1CC(Cc2ccc(F)c(Br)c2)(C(=O)O)C1. The predicted molar refractivity (Wildman–Crippen MR) is 78.9 cm³/mol. The van der Waals surface area contributed by atoms with Crippen molar-refractivity contribution in [2.45, 2.75) is 25.3 Å². The van der Waals surface area contributed by atoms with E-state index in [-0.39, 0.29) is 29.8 Å². The molecule has 1 fully saturated rings. The maximum absolute atomic E-state index is 13.2. The minimum atomic E-state index is -3.35. The second-order valence-electron chi connectivity index (χ2n) is 5.51. The third-order valence-corrected chi connectivity index (χ3v) is 5.00. The number of sulfonamides is 1. The molecule has 0 unspecified atom stereocenters. The summed E-state index contributed by atoms with van der Waals surface area (Å²) in [4.78, 5) is 11.5. The van der Waals surface area contributed by atoms with E-state index in [1.54, 1.807) is 12.1 Å². The third kappa shape index (κ3) is 3.81. The Kier molecular flexibility index (Phi) is 4.41. The highest BCUT2D eigenvalue weighted by Crippen LogP contribution is 2.44. The maximum Gasteiger partial charge on any atom is 0.310 e. The summed E-state index contributed by atoms with van der Waals surface area (Å²) in [6.07, 6.45) is 1.74. The van der Waals surface area contributed by atoms with Crippen molar-refractivity contribution in [3.8, 4) is 0 Å². The first-order valence-corrected chi connectivity index (χ1v) is 8.94. The van der Waals surface area contributed by atoms with Crippen molar-refractivity contribution < 1.29 is 22.7 Å². The summed E-state index contributed by atoms with van der Waals surface area (Å²) >= 11 is 3.07. The van der Waals surface area contributed by atoms with E-state index >= 15 is 0 Å². The van der Waals surface area contributed by atoms with Gasteiger partial charge in [0.2, 0.25) is 10.0 Å². The zero-order valence-corrected chi connectivity index (χ0v) is 13.7. The van der Waals surface area contributed by atoms with Gasteiger partial charge in [0.1, 0.15) is 5.82 Å². The Labute approximate surface area is 130 Å². The lowest BCUT2D eigenvalue weighted by Gasteiger charge is -2.44. The van der Waals surface area contributed by atoms with Gasteiger partial charge in [-0.15, -0.1) is 0 Å². The summed E-state index contributed by atoms with van der Waals surface area (Å²) in [7, 11) is -3.35. The van der Waals surface area contributed by atoms with Crippen LogP contribution in [0.4, 0.5) is 4.39 Å². The normalized spacial score (nSPS) is 25.4. The standard InChI is InChI=1S/C13H15BrFNO4S/c1-21(19,20)16-9-6-13(7-9,12(17)18)5-8-2-3-11(15)10(14)4-8/h2-4,9,16H,5-7H2,1H3,(H,17,18). The summed E-state index contributed by atoms with van der Waals surface area (Å²) in [5, 5.41) is 9.42. The van der Waals surface area contributed by atoms with Crippen LogP contribution in [0, 0.1) is 11.2 Å². The number of aliphatic carboxylic acids is 1. The van der Waals surface area contributed by atoms with Crippen molar-refractivity contribution in [1.82, 2.24) is 4.72 Å². The first kappa shape index (κ1) is 16.4. The minimum absolute atomic E-state index is 0.227. The van der Waals surface area contributed by atoms with Crippen LogP contribution in [0.1, 0.15) is 18.4 Å². The van der Waals surface area contributed by atoms with E-state index in [0.717, 1.165) is 6.26 Å². The van der Waals surface area contributed by atoms with Crippen LogP contribution in [0.25, 0.3) is 0 Å². The number of carboxylic acid groups (broad SMARTS) is 1. The Balaban J connectivity index is 2.11. The van der Waals surface area contributed by atoms with Gasteiger partial charge in [-0.1, -0.05) is 6.07 Å². The van der Waals surface area contributed by atoms with Crippen molar-refractivity contribution in [2.75, 3.05) is 6.26 Å². The Hall–Kier alpha value is -0.990. The summed E-state index contributed by atoms with van der Waals surface area (Å²) in [6.45, 7) is 0. The van der Waals surface area contributed by atoms with Crippen molar-refractivity contribution in [3.63, 3.8) is 0 Å². The second-order valence-corrected chi connectivity index (χ2v) is 8.14. The smallest absolute Gasteiger partial charge is 0.310 e. The fourth-order valence-corrected chi connectivity index (χ4v) is 3.90. The largest absolute Gasteiger partial charge is 0.481 e. The van der Waals surface area contributed by atoms with Crippen LogP contribution in [0.2, 0.25) is 0 Å². The van der Waals surface area contributed by atoms with Crippen LogP contribution in [0.3, 0.4) is 0 Å². The molecule has 0 atom stereocenters. The molecule has 1 aliphatic carbocycles. The molecule has 0 amide bonds. The molecule has 0 spiro atoms. The topological polar surface area (TPSA) is 83.5 Å². The lowest BCUT2D eigenvalue weighted by atomic mass is 9.63. The van der Waals surface area contributed by atoms with Crippen molar-refractivity contribution in [2.24, 2.45) is 5.41 Å². The van der Waals surface area contributed by atoms with Gasteiger partial charge >= 0.3 is 5.97 Å². The van der Waals surface area contributed by atoms with Crippen molar-refractivity contribution >= 4 is 31.9 Å². The molecule has 1 aromatic rings. The Morgan fingerprint density at radius 3 is 2.62 bits per heavy atom. The zero-order chi connectivity index (χ0) is 15.8. The zero-order valence-electron chi connectivity index (χ0n) is 11.3. The molecule has 2 N–H and O–H groups in total. The Bertz CT molecular complexity index is 671. The fourth-order valence-electron chi connectivity index (χ4n) is 2.70. The van der Waals surface area contributed by atoms with Crippen molar-refractivity contribution in [1.29, 1.82) is 0 Å². The highest BCUT2D eigenvalue weighted by molar-refractivity contribution is 9.10. The number of carbonyl (C=O) groups is 1. The minimum Gasteiger partial charge on any atom is -0.481 e. The third-order valence-electron chi connectivity index (χ3n) is 3.64. The van der Waals surface area contributed by atoms with Crippen LogP contribution in [-0.2, 0) is 21.2 Å². The molecule has 1 aromatic carbocycles. The van der Waals surface area contributed by atoms with E-state index in [0.29, 0.717) is 5.56 Å². The van der Waals surface area contributed by atoms with Gasteiger partial charge in [-0.25, -0.2) is 17.5 Å². The first-order valence-electron chi connectivity index (χ1n) is 6.26. The van der Waals surface area contributed by atoms with Gasteiger partial charge in [0.05, 0.1) is 16.1 Å². The second kappa shape index (κ2) is 5.66.